The first-order valence-electron chi connectivity index (χ1n) is 8.42. The van der Waals surface area contributed by atoms with Crippen molar-refractivity contribution in [2.75, 3.05) is 19.8 Å². The molecule has 1 saturated carbocycles. The van der Waals surface area contributed by atoms with Crippen LogP contribution in [0, 0.1) is 11.8 Å². The van der Waals surface area contributed by atoms with E-state index >= 15 is 0 Å². The quantitative estimate of drug-likeness (QED) is 0.733. The van der Waals surface area contributed by atoms with Crippen molar-refractivity contribution < 1.29 is 19.1 Å². The number of esters is 1. The molecule has 1 aliphatic heterocycles. The number of carbonyl (C=O) groups excluding carboxylic acids is 2. The summed E-state index contributed by atoms with van der Waals surface area (Å²) in [7, 11) is 0. The summed E-state index contributed by atoms with van der Waals surface area (Å²) in [5.41, 5.74) is 6.08. The highest BCUT2D eigenvalue weighted by Crippen LogP contribution is 2.26. The van der Waals surface area contributed by atoms with Crippen LogP contribution in [0.4, 0.5) is 0 Å². The van der Waals surface area contributed by atoms with Gasteiger partial charge in [-0.1, -0.05) is 0 Å². The third-order valence-electron chi connectivity index (χ3n) is 4.77. The zero-order chi connectivity index (χ0) is 15.9. The standard InChI is InChI=1S/C16H28N2O4.ClH/c1-2-22-16(20)12-3-5-13(6-4-12)18-15(19)14(17)11-7-9-21-10-8-11;/h11-14H,2-10,17H2,1H3,(H,18,19);1H. The van der Waals surface area contributed by atoms with Crippen molar-refractivity contribution in [1.82, 2.24) is 5.32 Å². The van der Waals surface area contributed by atoms with Crippen LogP contribution in [-0.2, 0) is 19.1 Å². The molecule has 1 heterocycles. The van der Waals surface area contributed by atoms with Gasteiger partial charge in [-0.25, -0.2) is 0 Å². The van der Waals surface area contributed by atoms with Gasteiger partial charge >= 0.3 is 5.97 Å². The van der Waals surface area contributed by atoms with Gasteiger partial charge in [0.15, 0.2) is 0 Å². The Morgan fingerprint density at radius 1 is 1.17 bits per heavy atom. The highest BCUT2D eigenvalue weighted by atomic mass is 35.5. The van der Waals surface area contributed by atoms with Crippen LogP contribution in [-0.4, -0.2) is 43.8 Å². The molecule has 0 radical (unpaired) electrons. The zero-order valence-electron chi connectivity index (χ0n) is 13.8. The Bertz CT molecular complexity index is 380. The van der Waals surface area contributed by atoms with Gasteiger partial charge in [0.05, 0.1) is 18.6 Å². The summed E-state index contributed by atoms with van der Waals surface area (Å²) < 4.78 is 10.4. The van der Waals surface area contributed by atoms with Crippen LogP contribution < -0.4 is 11.1 Å². The number of hydrogen-bond acceptors (Lipinski definition) is 5. The molecular formula is C16H29ClN2O4. The van der Waals surface area contributed by atoms with Crippen LogP contribution in [0.2, 0.25) is 0 Å². The van der Waals surface area contributed by atoms with E-state index in [-0.39, 0.29) is 42.2 Å². The van der Waals surface area contributed by atoms with E-state index < -0.39 is 6.04 Å². The molecule has 3 N–H and O–H groups in total. The summed E-state index contributed by atoms with van der Waals surface area (Å²) in [6, 6.07) is -0.323. The predicted octanol–water partition coefficient (Wildman–Crippen LogP) is 1.40. The van der Waals surface area contributed by atoms with Gasteiger partial charge in [-0.15, -0.1) is 12.4 Å². The Kier molecular flexibility index (Phi) is 8.87. The Balaban J connectivity index is 0.00000264. The van der Waals surface area contributed by atoms with Gasteiger partial charge < -0.3 is 20.5 Å². The van der Waals surface area contributed by atoms with Crippen molar-refractivity contribution in [2.45, 2.75) is 57.5 Å². The summed E-state index contributed by atoms with van der Waals surface area (Å²) in [5.74, 6) is 0.0274. The highest BCUT2D eigenvalue weighted by Gasteiger charge is 2.31. The number of carbonyl (C=O) groups is 2. The number of nitrogens with one attached hydrogen (secondary N) is 1. The lowest BCUT2D eigenvalue weighted by Gasteiger charge is -2.31. The average Bonchev–Trinajstić information content (AvgIpc) is 2.55. The molecule has 1 aliphatic carbocycles. The molecular weight excluding hydrogens is 320 g/mol. The van der Waals surface area contributed by atoms with Gasteiger partial charge in [0, 0.05) is 19.3 Å². The maximum atomic E-state index is 12.3. The fourth-order valence-corrected chi connectivity index (χ4v) is 3.32. The van der Waals surface area contributed by atoms with Crippen LogP contribution in [0.1, 0.15) is 45.4 Å². The molecule has 2 rings (SSSR count). The number of hydrogen-bond donors (Lipinski definition) is 2. The van der Waals surface area contributed by atoms with E-state index in [2.05, 4.69) is 5.32 Å². The molecule has 7 heteroatoms. The van der Waals surface area contributed by atoms with E-state index in [9.17, 15) is 9.59 Å². The molecule has 23 heavy (non-hydrogen) atoms. The second-order valence-electron chi connectivity index (χ2n) is 6.28. The third kappa shape index (κ3) is 5.94. The summed E-state index contributed by atoms with van der Waals surface area (Å²) >= 11 is 0. The van der Waals surface area contributed by atoms with E-state index in [0.717, 1.165) is 38.5 Å². The normalized spacial score (nSPS) is 26.7. The van der Waals surface area contributed by atoms with Crippen LogP contribution in [0.5, 0.6) is 0 Å². The zero-order valence-corrected chi connectivity index (χ0v) is 14.6. The molecule has 0 aromatic rings. The van der Waals surface area contributed by atoms with Gasteiger partial charge in [0.1, 0.15) is 0 Å². The number of rotatable bonds is 5. The van der Waals surface area contributed by atoms with Crippen LogP contribution in [0.25, 0.3) is 0 Å². The summed E-state index contributed by atoms with van der Waals surface area (Å²) in [4.78, 5) is 24.0. The molecule has 0 spiro atoms. The van der Waals surface area contributed by atoms with Crippen molar-refractivity contribution in [1.29, 1.82) is 0 Å². The summed E-state index contributed by atoms with van der Waals surface area (Å²) in [6.45, 7) is 3.63. The van der Waals surface area contributed by atoms with Crippen molar-refractivity contribution in [3.05, 3.63) is 0 Å². The molecule has 1 saturated heterocycles. The van der Waals surface area contributed by atoms with E-state index in [0.29, 0.717) is 19.8 Å². The van der Waals surface area contributed by atoms with E-state index in [4.69, 9.17) is 15.2 Å². The lowest BCUT2D eigenvalue weighted by atomic mass is 9.85. The molecule has 2 fully saturated rings. The third-order valence-corrected chi connectivity index (χ3v) is 4.77. The molecule has 0 aromatic heterocycles. The topological polar surface area (TPSA) is 90.7 Å². The van der Waals surface area contributed by atoms with Crippen molar-refractivity contribution in [2.24, 2.45) is 17.6 Å². The van der Waals surface area contributed by atoms with Crippen molar-refractivity contribution in [3.63, 3.8) is 0 Å². The van der Waals surface area contributed by atoms with Gasteiger partial charge in [0.2, 0.25) is 5.91 Å². The van der Waals surface area contributed by atoms with Crippen LogP contribution >= 0.6 is 12.4 Å². The maximum Gasteiger partial charge on any atom is 0.308 e. The largest absolute Gasteiger partial charge is 0.466 e. The lowest BCUT2D eigenvalue weighted by Crippen LogP contribution is -2.50. The van der Waals surface area contributed by atoms with Gasteiger partial charge in [-0.3, -0.25) is 9.59 Å². The number of amides is 1. The molecule has 1 unspecified atom stereocenters. The molecule has 6 nitrogen and oxygen atoms in total. The molecule has 134 valence electrons. The first-order valence-corrected chi connectivity index (χ1v) is 8.42. The average molecular weight is 349 g/mol. The smallest absolute Gasteiger partial charge is 0.308 e. The number of ether oxygens (including phenoxy) is 2. The molecule has 1 amide bonds. The summed E-state index contributed by atoms with van der Waals surface area (Å²) in [5, 5.41) is 3.05. The second-order valence-corrected chi connectivity index (χ2v) is 6.28. The minimum absolute atomic E-state index is 0. The SMILES string of the molecule is CCOC(=O)C1CCC(NC(=O)C(N)C2CCOCC2)CC1.Cl. The molecule has 0 aromatic carbocycles. The monoisotopic (exact) mass is 348 g/mol. The van der Waals surface area contributed by atoms with Gasteiger partial charge in [-0.2, -0.15) is 0 Å². The first-order chi connectivity index (χ1) is 10.6. The van der Waals surface area contributed by atoms with Gasteiger partial charge in [-0.05, 0) is 51.4 Å². The molecule has 0 bridgehead atoms. The minimum Gasteiger partial charge on any atom is -0.466 e. The van der Waals surface area contributed by atoms with E-state index in [1.165, 1.54) is 0 Å². The van der Waals surface area contributed by atoms with E-state index in [1.54, 1.807) is 0 Å². The van der Waals surface area contributed by atoms with Crippen LogP contribution in [0.3, 0.4) is 0 Å². The Labute approximate surface area is 144 Å². The minimum atomic E-state index is -0.452. The number of halogens is 1. The maximum absolute atomic E-state index is 12.3. The van der Waals surface area contributed by atoms with Crippen molar-refractivity contribution in [3.8, 4) is 0 Å². The van der Waals surface area contributed by atoms with Crippen molar-refractivity contribution >= 4 is 24.3 Å². The fraction of sp³-hybridized carbons (Fsp3) is 0.875. The highest BCUT2D eigenvalue weighted by molar-refractivity contribution is 5.85. The van der Waals surface area contributed by atoms with Crippen LogP contribution in [0.15, 0.2) is 0 Å². The number of nitrogens with two attached hydrogens (primary N) is 1. The summed E-state index contributed by atoms with van der Waals surface area (Å²) in [6.07, 6.45) is 4.88. The van der Waals surface area contributed by atoms with Gasteiger partial charge in [0.25, 0.3) is 0 Å². The second kappa shape index (κ2) is 10.1. The Morgan fingerprint density at radius 3 is 2.35 bits per heavy atom. The fourth-order valence-electron chi connectivity index (χ4n) is 3.32. The first kappa shape index (κ1) is 20.2. The molecule has 1 atom stereocenters. The Morgan fingerprint density at radius 2 is 1.78 bits per heavy atom. The molecule has 2 aliphatic rings. The predicted molar refractivity (Wildman–Crippen MR) is 89.3 cm³/mol. The lowest BCUT2D eigenvalue weighted by molar-refractivity contribution is -0.149. The Hall–Kier alpha value is -0.850. The van der Waals surface area contributed by atoms with E-state index in [1.807, 2.05) is 6.92 Å².